The van der Waals surface area contributed by atoms with Crippen LogP contribution >= 0.6 is 11.6 Å². The molecule has 6 N–H and O–H groups in total. The predicted octanol–water partition coefficient (Wildman–Crippen LogP) is 2.99. The van der Waals surface area contributed by atoms with Gasteiger partial charge in [0.15, 0.2) is 17.4 Å². The average molecular weight is 491 g/mol. The molecule has 0 amide bonds. The van der Waals surface area contributed by atoms with Gasteiger partial charge >= 0.3 is 0 Å². The minimum atomic E-state index is -1.22. The van der Waals surface area contributed by atoms with Crippen LogP contribution in [0.4, 0.5) is 20.3 Å². The summed E-state index contributed by atoms with van der Waals surface area (Å²) in [5.74, 6) is 8.92. The molecule has 0 saturated heterocycles. The second kappa shape index (κ2) is 11.1. The Kier molecular flexibility index (Phi) is 8.16. The predicted molar refractivity (Wildman–Crippen MR) is 129 cm³/mol. The molecular formula is C22H25ClF2N8O. The molecule has 0 saturated carbocycles. The van der Waals surface area contributed by atoms with Crippen LogP contribution in [0.1, 0.15) is 12.0 Å². The Morgan fingerprint density at radius 3 is 2.56 bits per heavy atom. The molecule has 0 bridgehead atoms. The van der Waals surface area contributed by atoms with Crippen LogP contribution in [0, 0.1) is 11.6 Å². The van der Waals surface area contributed by atoms with Crippen molar-refractivity contribution in [1.29, 1.82) is 0 Å². The van der Waals surface area contributed by atoms with Crippen LogP contribution in [0.3, 0.4) is 0 Å². The van der Waals surface area contributed by atoms with Crippen molar-refractivity contribution < 1.29 is 13.5 Å². The fourth-order valence-corrected chi connectivity index (χ4v) is 3.33. The molecule has 9 nitrogen and oxygen atoms in total. The second-order valence-electron chi connectivity index (χ2n) is 7.56. The molecule has 1 aromatic carbocycles. The van der Waals surface area contributed by atoms with E-state index in [-0.39, 0.29) is 40.4 Å². The molecule has 0 atom stereocenters. The third-order valence-electron chi connectivity index (χ3n) is 4.86. The van der Waals surface area contributed by atoms with E-state index in [1.807, 2.05) is 19.0 Å². The Morgan fingerprint density at radius 2 is 1.88 bits per heavy atom. The highest BCUT2D eigenvalue weighted by Gasteiger charge is 2.23. The lowest BCUT2D eigenvalue weighted by atomic mass is 10.1. The number of benzene rings is 1. The molecule has 0 aliphatic heterocycles. The number of rotatable bonds is 8. The van der Waals surface area contributed by atoms with Crippen LogP contribution in [-0.4, -0.2) is 48.0 Å². The molecule has 0 unspecified atom stereocenters. The van der Waals surface area contributed by atoms with E-state index in [0.29, 0.717) is 17.5 Å². The Balaban J connectivity index is 1.89. The van der Waals surface area contributed by atoms with Crippen molar-refractivity contribution in [3.63, 3.8) is 0 Å². The number of aromatic nitrogens is 2. The number of halogens is 3. The highest BCUT2D eigenvalue weighted by molar-refractivity contribution is 6.29. The molecule has 0 fully saturated rings. The molecule has 0 aliphatic carbocycles. The highest BCUT2D eigenvalue weighted by Crippen LogP contribution is 2.30. The lowest BCUT2D eigenvalue weighted by Gasteiger charge is -2.22. The van der Waals surface area contributed by atoms with Gasteiger partial charge in [-0.3, -0.25) is 5.01 Å². The van der Waals surface area contributed by atoms with Gasteiger partial charge in [0.2, 0.25) is 5.82 Å². The number of pyridine rings is 2. The summed E-state index contributed by atoms with van der Waals surface area (Å²) >= 11 is 5.97. The fraction of sp³-hybridized carbons (Fsp3) is 0.227. The van der Waals surface area contributed by atoms with Crippen LogP contribution in [0.5, 0.6) is 5.75 Å². The number of hydrazone groups is 1. The smallest absolute Gasteiger partial charge is 0.202 e. The summed E-state index contributed by atoms with van der Waals surface area (Å²) in [7, 11) is 3.82. The standard InChI is InChI=1S/C22H25ClF2N8O/c1-32(2)8-3-9-34-17-5-4-16(19(24)20(17)25)33(28)22(31-27)15-10-14(12-30-21(15)26)13-6-7-29-18(23)11-13/h4-7,10-12H,3,8-9,27-28H2,1-2H3,(H2,26,30)/b31-22-. The Labute approximate surface area is 200 Å². The summed E-state index contributed by atoms with van der Waals surface area (Å²) in [6.07, 6.45) is 3.69. The van der Waals surface area contributed by atoms with E-state index in [0.717, 1.165) is 11.6 Å². The van der Waals surface area contributed by atoms with E-state index in [4.69, 9.17) is 33.8 Å². The van der Waals surface area contributed by atoms with Gasteiger partial charge in [0.25, 0.3) is 0 Å². The maximum Gasteiger partial charge on any atom is 0.202 e. The van der Waals surface area contributed by atoms with E-state index in [9.17, 15) is 8.78 Å². The first-order valence-corrected chi connectivity index (χ1v) is 10.6. The molecule has 12 heteroatoms. The van der Waals surface area contributed by atoms with Gasteiger partial charge in [-0.15, -0.1) is 0 Å². The van der Waals surface area contributed by atoms with Crippen molar-refractivity contribution >= 4 is 28.9 Å². The summed E-state index contributed by atoms with van der Waals surface area (Å²) in [5, 5.41) is 4.73. The third kappa shape index (κ3) is 5.68. The third-order valence-corrected chi connectivity index (χ3v) is 5.07. The molecule has 0 radical (unpaired) electrons. The molecule has 0 aliphatic rings. The molecular weight excluding hydrogens is 466 g/mol. The number of nitrogen functional groups attached to an aromatic ring is 1. The zero-order valence-corrected chi connectivity index (χ0v) is 19.4. The van der Waals surface area contributed by atoms with Gasteiger partial charge in [0.1, 0.15) is 11.0 Å². The highest BCUT2D eigenvalue weighted by atomic mass is 35.5. The first-order chi connectivity index (χ1) is 16.2. The quantitative estimate of drug-likeness (QED) is 0.110. The van der Waals surface area contributed by atoms with E-state index >= 15 is 0 Å². The average Bonchev–Trinajstić information content (AvgIpc) is 2.80. The molecule has 0 spiro atoms. The van der Waals surface area contributed by atoms with Crippen molar-refractivity contribution in [3.05, 3.63) is 65.1 Å². The summed E-state index contributed by atoms with van der Waals surface area (Å²) in [6, 6.07) is 7.50. The van der Waals surface area contributed by atoms with Crippen LogP contribution in [-0.2, 0) is 0 Å². The summed E-state index contributed by atoms with van der Waals surface area (Å²) < 4.78 is 34.9. The SMILES string of the molecule is CN(C)CCCOc1ccc(N(N)/C(=N\N)c2cc(-c3ccnc(Cl)c3)cnc2N)c(F)c1F. The first-order valence-electron chi connectivity index (χ1n) is 10.2. The van der Waals surface area contributed by atoms with Crippen molar-refractivity contribution in [2.45, 2.75) is 6.42 Å². The summed E-state index contributed by atoms with van der Waals surface area (Å²) in [5.41, 5.74) is 7.20. The molecule has 180 valence electrons. The van der Waals surface area contributed by atoms with Gasteiger partial charge in [0.05, 0.1) is 17.9 Å². The van der Waals surface area contributed by atoms with Gasteiger partial charge in [-0.25, -0.2) is 20.2 Å². The lowest BCUT2D eigenvalue weighted by molar-refractivity contribution is 0.267. The van der Waals surface area contributed by atoms with Crippen LogP contribution in [0.2, 0.25) is 5.15 Å². The van der Waals surface area contributed by atoms with E-state index in [2.05, 4.69) is 15.1 Å². The van der Waals surface area contributed by atoms with Gasteiger partial charge in [0, 0.05) is 24.5 Å². The second-order valence-corrected chi connectivity index (χ2v) is 7.95. The number of ether oxygens (including phenoxy) is 1. The number of hydrogen-bond donors (Lipinski definition) is 3. The van der Waals surface area contributed by atoms with Crippen molar-refractivity contribution in [1.82, 2.24) is 14.9 Å². The van der Waals surface area contributed by atoms with Crippen molar-refractivity contribution in [3.8, 4) is 16.9 Å². The molecule has 2 heterocycles. The normalized spacial score (nSPS) is 11.7. The largest absolute Gasteiger partial charge is 0.490 e. The fourth-order valence-electron chi connectivity index (χ4n) is 3.15. The van der Waals surface area contributed by atoms with Gasteiger partial charge in [-0.2, -0.15) is 9.49 Å². The maximum atomic E-state index is 14.9. The first kappa shape index (κ1) is 25.1. The number of anilines is 2. The minimum Gasteiger partial charge on any atom is -0.490 e. The van der Waals surface area contributed by atoms with E-state index < -0.39 is 11.6 Å². The van der Waals surface area contributed by atoms with Crippen LogP contribution < -0.4 is 27.2 Å². The lowest BCUT2D eigenvalue weighted by Crippen LogP contribution is -2.40. The Morgan fingerprint density at radius 1 is 1.12 bits per heavy atom. The van der Waals surface area contributed by atoms with Gasteiger partial charge in [-0.1, -0.05) is 11.6 Å². The topological polar surface area (TPSA) is 132 Å². The van der Waals surface area contributed by atoms with Crippen molar-refractivity contribution in [2.24, 2.45) is 16.8 Å². The van der Waals surface area contributed by atoms with E-state index in [1.54, 1.807) is 18.2 Å². The Bertz CT molecular complexity index is 1190. The van der Waals surface area contributed by atoms with Crippen molar-refractivity contribution in [2.75, 3.05) is 38.0 Å². The maximum absolute atomic E-state index is 14.9. The van der Waals surface area contributed by atoms with Gasteiger partial charge < -0.3 is 21.2 Å². The number of amidine groups is 1. The number of hydrogen-bond acceptors (Lipinski definition) is 8. The van der Waals surface area contributed by atoms with Crippen LogP contribution in [0.25, 0.3) is 11.1 Å². The minimum absolute atomic E-state index is 0.0327. The Hall–Kier alpha value is -3.54. The number of hydrazine groups is 1. The number of nitrogens with two attached hydrogens (primary N) is 3. The molecule has 2 aromatic heterocycles. The summed E-state index contributed by atoms with van der Waals surface area (Å²) in [6.45, 7) is 0.971. The molecule has 34 heavy (non-hydrogen) atoms. The zero-order valence-electron chi connectivity index (χ0n) is 18.7. The molecule has 3 rings (SSSR count). The van der Waals surface area contributed by atoms with Gasteiger partial charge in [-0.05, 0) is 56.4 Å². The van der Waals surface area contributed by atoms with Crippen LogP contribution in [0.15, 0.2) is 47.8 Å². The van der Waals surface area contributed by atoms with E-state index in [1.165, 1.54) is 24.5 Å². The molecule has 3 aromatic rings. The monoisotopic (exact) mass is 490 g/mol. The zero-order chi connectivity index (χ0) is 24.8. The number of nitrogens with zero attached hydrogens (tertiary/aromatic N) is 5. The summed E-state index contributed by atoms with van der Waals surface area (Å²) in [4.78, 5) is 10.0.